The monoisotopic (exact) mass is 371 g/mol. The third kappa shape index (κ3) is 4.67. The molecule has 1 heterocycles. The van der Waals surface area contributed by atoms with Gasteiger partial charge in [-0.2, -0.15) is 0 Å². The maximum Gasteiger partial charge on any atom is 0.287 e. The molecule has 1 N–H and O–H groups in total. The van der Waals surface area contributed by atoms with Crippen molar-refractivity contribution in [1.82, 2.24) is 5.32 Å². The Morgan fingerprint density at radius 3 is 2.69 bits per heavy atom. The fourth-order valence-corrected chi connectivity index (χ4v) is 3.59. The number of aryl methyl sites for hydroxylation is 1. The van der Waals surface area contributed by atoms with E-state index in [1.807, 2.05) is 25.1 Å². The van der Waals surface area contributed by atoms with Gasteiger partial charge in [0.2, 0.25) is 0 Å². The van der Waals surface area contributed by atoms with Crippen molar-refractivity contribution in [3.05, 3.63) is 89.1 Å². The molecular weight excluding hydrogens is 353 g/mol. The van der Waals surface area contributed by atoms with Crippen LogP contribution in [0.4, 0.5) is 4.39 Å². The molecule has 0 bridgehead atoms. The highest BCUT2D eigenvalue weighted by atomic mass is 32.2. The van der Waals surface area contributed by atoms with Crippen LogP contribution in [0.2, 0.25) is 0 Å². The molecule has 134 valence electrons. The lowest BCUT2D eigenvalue weighted by Crippen LogP contribution is -2.22. The van der Waals surface area contributed by atoms with E-state index in [0.717, 1.165) is 10.5 Å². The molecule has 3 rings (SSSR count). The molecule has 0 radical (unpaired) electrons. The fraction of sp³-hybridized carbons (Fsp3) is 0.150. The third-order valence-corrected chi connectivity index (χ3v) is 5.08. The van der Waals surface area contributed by atoms with E-state index in [1.54, 1.807) is 30.3 Å². The largest absolute Gasteiger partial charge is 0.455 e. The highest BCUT2D eigenvalue weighted by Crippen LogP contribution is 2.16. The molecule has 0 aliphatic carbocycles. The lowest BCUT2D eigenvalue weighted by molar-refractivity contribution is 0.0921. The van der Waals surface area contributed by atoms with Crippen LogP contribution in [0, 0.1) is 12.7 Å². The van der Waals surface area contributed by atoms with Gasteiger partial charge in [0.15, 0.2) is 5.76 Å². The molecule has 0 spiro atoms. The van der Waals surface area contributed by atoms with Crippen LogP contribution in [0.15, 0.2) is 70.0 Å². The first-order valence-electron chi connectivity index (χ1n) is 8.07. The Balaban J connectivity index is 1.60. The first-order valence-corrected chi connectivity index (χ1v) is 9.39. The van der Waals surface area contributed by atoms with E-state index in [9.17, 15) is 13.4 Å². The molecule has 4 nitrogen and oxygen atoms in total. The molecule has 0 fully saturated rings. The summed E-state index contributed by atoms with van der Waals surface area (Å²) in [7, 11) is -1.25. The molecule has 0 aliphatic heterocycles. The minimum atomic E-state index is -1.25. The van der Waals surface area contributed by atoms with Crippen LogP contribution in [0.1, 0.15) is 27.4 Å². The first kappa shape index (κ1) is 18.1. The highest BCUT2D eigenvalue weighted by molar-refractivity contribution is 7.84. The molecule has 6 heteroatoms. The number of nitrogens with one attached hydrogen (secondary N) is 1. The van der Waals surface area contributed by atoms with Gasteiger partial charge in [0.05, 0.1) is 16.6 Å². The van der Waals surface area contributed by atoms with E-state index in [0.29, 0.717) is 11.3 Å². The number of hydrogen-bond donors (Lipinski definition) is 1. The van der Waals surface area contributed by atoms with Crippen LogP contribution in [0.5, 0.6) is 0 Å². The summed E-state index contributed by atoms with van der Waals surface area (Å²) in [5.74, 6) is 0.0524. The molecular formula is C20H18FNO3S. The number of carbonyl (C=O) groups excluding carboxylic acids is 1. The minimum Gasteiger partial charge on any atom is -0.455 e. The van der Waals surface area contributed by atoms with E-state index in [1.165, 1.54) is 12.1 Å². The van der Waals surface area contributed by atoms with E-state index in [2.05, 4.69) is 5.32 Å². The lowest BCUT2D eigenvalue weighted by atomic mass is 10.2. The van der Waals surface area contributed by atoms with Crippen LogP contribution < -0.4 is 5.32 Å². The van der Waals surface area contributed by atoms with Gasteiger partial charge < -0.3 is 9.73 Å². The maximum absolute atomic E-state index is 13.1. The predicted octanol–water partition coefficient (Wildman–Crippen LogP) is 3.96. The molecule has 0 saturated heterocycles. The highest BCUT2D eigenvalue weighted by Gasteiger charge is 2.13. The van der Waals surface area contributed by atoms with E-state index >= 15 is 0 Å². The molecule has 1 amide bonds. The van der Waals surface area contributed by atoms with E-state index < -0.39 is 16.7 Å². The molecule has 1 atom stereocenters. The third-order valence-electron chi connectivity index (χ3n) is 3.75. The van der Waals surface area contributed by atoms with Gasteiger partial charge in [0, 0.05) is 11.4 Å². The summed E-state index contributed by atoms with van der Waals surface area (Å²) in [6, 6.07) is 16.7. The topological polar surface area (TPSA) is 59.3 Å². The van der Waals surface area contributed by atoms with Crippen molar-refractivity contribution < 1.29 is 17.8 Å². The standard InChI is InChI=1S/C20H18FNO3S/c1-14-4-2-7-18(10-14)26(24)13-17-8-9-19(25-17)20(23)22-12-15-5-3-6-16(21)11-15/h2-11H,12-13H2,1H3,(H,22,23)/t26-/m0/s1. The number of carbonyl (C=O) groups is 1. The van der Waals surface area contributed by atoms with Crippen LogP contribution >= 0.6 is 0 Å². The molecule has 0 aliphatic rings. The lowest BCUT2D eigenvalue weighted by Gasteiger charge is -2.04. The summed E-state index contributed by atoms with van der Waals surface area (Å²) in [6.45, 7) is 2.14. The SMILES string of the molecule is Cc1cccc([S@@](=O)Cc2ccc(C(=O)NCc3cccc(F)c3)o2)c1. The van der Waals surface area contributed by atoms with Gasteiger partial charge in [-0.1, -0.05) is 24.3 Å². The Labute approximate surface area is 153 Å². The smallest absolute Gasteiger partial charge is 0.287 e. The van der Waals surface area contributed by atoms with Crippen molar-refractivity contribution in [3.63, 3.8) is 0 Å². The van der Waals surface area contributed by atoms with Gasteiger partial charge in [-0.05, 0) is 54.4 Å². The number of halogens is 1. The quantitative estimate of drug-likeness (QED) is 0.713. The van der Waals surface area contributed by atoms with Crippen LogP contribution in [0.25, 0.3) is 0 Å². The number of furan rings is 1. The van der Waals surface area contributed by atoms with Gasteiger partial charge in [0.25, 0.3) is 5.91 Å². The normalized spacial score (nSPS) is 11.9. The molecule has 26 heavy (non-hydrogen) atoms. The summed E-state index contributed by atoms with van der Waals surface area (Å²) in [5, 5.41) is 2.67. The Bertz CT molecular complexity index is 951. The number of hydrogen-bond acceptors (Lipinski definition) is 3. The van der Waals surface area contributed by atoms with Gasteiger partial charge in [-0.3, -0.25) is 9.00 Å². The molecule has 0 unspecified atom stereocenters. The summed E-state index contributed by atoms with van der Waals surface area (Å²) in [5.41, 5.74) is 1.69. The Morgan fingerprint density at radius 1 is 1.12 bits per heavy atom. The van der Waals surface area contributed by atoms with Crippen molar-refractivity contribution in [2.24, 2.45) is 0 Å². The zero-order valence-corrected chi connectivity index (χ0v) is 15.0. The second kappa shape index (κ2) is 8.10. The van der Waals surface area contributed by atoms with Crippen LogP contribution in [-0.2, 0) is 23.1 Å². The molecule has 1 aromatic heterocycles. The average Bonchev–Trinajstić information content (AvgIpc) is 3.08. The van der Waals surface area contributed by atoms with Gasteiger partial charge in [0.1, 0.15) is 11.6 Å². The van der Waals surface area contributed by atoms with Gasteiger partial charge in [-0.15, -0.1) is 0 Å². The van der Waals surface area contributed by atoms with Gasteiger partial charge >= 0.3 is 0 Å². The predicted molar refractivity (Wildman–Crippen MR) is 97.6 cm³/mol. The van der Waals surface area contributed by atoms with Crippen LogP contribution in [0.3, 0.4) is 0 Å². The average molecular weight is 371 g/mol. The summed E-state index contributed by atoms with van der Waals surface area (Å²) in [6.07, 6.45) is 0. The van der Waals surface area contributed by atoms with Crippen molar-refractivity contribution in [3.8, 4) is 0 Å². The van der Waals surface area contributed by atoms with E-state index in [-0.39, 0.29) is 23.9 Å². The fourth-order valence-electron chi connectivity index (χ4n) is 2.46. The maximum atomic E-state index is 13.1. The Kier molecular flexibility index (Phi) is 5.63. The first-order chi connectivity index (χ1) is 12.5. The minimum absolute atomic E-state index is 0.137. The zero-order valence-electron chi connectivity index (χ0n) is 14.2. The summed E-state index contributed by atoms with van der Waals surface area (Å²) < 4.78 is 31.0. The second-order valence-electron chi connectivity index (χ2n) is 5.88. The Hall–Kier alpha value is -2.73. The number of amides is 1. The zero-order chi connectivity index (χ0) is 18.5. The van der Waals surface area contributed by atoms with Crippen molar-refractivity contribution in [1.29, 1.82) is 0 Å². The van der Waals surface area contributed by atoms with Crippen molar-refractivity contribution in [2.75, 3.05) is 0 Å². The van der Waals surface area contributed by atoms with Crippen molar-refractivity contribution >= 4 is 16.7 Å². The number of rotatable bonds is 6. The molecule has 0 saturated carbocycles. The second-order valence-corrected chi connectivity index (χ2v) is 7.34. The summed E-state index contributed by atoms with van der Waals surface area (Å²) >= 11 is 0. The van der Waals surface area contributed by atoms with E-state index in [4.69, 9.17) is 4.42 Å². The van der Waals surface area contributed by atoms with Gasteiger partial charge in [-0.25, -0.2) is 4.39 Å². The molecule has 2 aromatic carbocycles. The Morgan fingerprint density at radius 2 is 1.92 bits per heavy atom. The molecule has 3 aromatic rings. The number of benzene rings is 2. The summed E-state index contributed by atoms with van der Waals surface area (Å²) in [4.78, 5) is 12.9. The van der Waals surface area contributed by atoms with Crippen molar-refractivity contribution in [2.45, 2.75) is 24.1 Å². The van der Waals surface area contributed by atoms with Crippen LogP contribution in [-0.4, -0.2) is 10.1 Å².